The van der Waals surface area contributed by atoms with Crippen molar-refractivity contribution in [3.8, 4) is 0 Å². The van der Waals surface area contributed by atoms with Gasteiger partial charge in [-0.05, 0) is 54.6 Å². The van der Waals surface area contributed by atoms with Gasteiger partial charge in [0.05, 0.1) is 24.9 Å². The minimum absolute atomic E-state index is 0.0199. The summed E-state index contributed by atoms with van der Waals surface area (Å²) >= 11 is 0. The van der Waals surface area contributed by atoms with Crippen LogP contribution >= 0.6 is 0 Å². The fourth-order valence-electron chi connectivity index (χ4n) is 10.4. The maximum atomic E-state index is 14.7. The first-order valence-corrected chi connectivity index (χ1v) is 27.5. The zero-order valence-electron chi connectivity index (χ0n) is 45.4. The second-order valence-electron chi connectivity index (χ2n) is 21.8. The molecule has 2 aliphatic rings. The number of carbonyl (C=O) groups is 8. The lowest BCUT2D eigenvalue weighted by molar-refractivity contribution is -0.142. The highest BCUT2D eigenvalue weighted by atomic mass is 16.3. The molecular weight excluding hydrogens is 997 g/mol. The van der Waals surface area contributed by atoms with Gasteiger partial charge in [0.1, 0.15) is 42.1 Å². The number of imidazole rings is 2. The highest BCUT2D eigenvalue weighted by molar-refractivity contribution is 5.96. The van der Waals surface area contributed by atoms with Crippen LogP contribution in [-0.4, -0.2) is 132 Å². The van der Waals surface area contributed by atoms with E-state index < -0.39 is 96.2 Å². The fourth-order valence-corrected chi connectivity index (χ4v) is 10.4. The number of likely N-dealkylation sites (tertiary alicyclic amines) is 1. The number of hydrogen-bond acceptors (Lipinski definition) is 11. The van der Waals surface area contributed by atoms with E-state index in [0.29, 0.717) is 36.3 Å². The Morgan fingerprint density at radius 2 is 1.26 bits per heavy atom. The Hall–Kier alpha value is -7.42. The van der Waals surface area contributed by atoms with E-state index in [2.05, 4.69) is 51.8 Å². The molecule has 11 N–H and O–H groups in total. The number of benzene rings is 2. The average Bonchev–Trinajstić information content (AvgIpc) is 4.23. The first kappa shape index (κ1) is 59.8. The Morgan fingerprint density at radius 3 is 1.86 bits per heavy atom. The number of aliphatic hydroxyl groups excluding tert-OH is 1. The van der Waals surface area contributed by atoms with Crippen LogP contribution in [0.5, 0.6) is 0 Å². The van der Waals surface area contributed by atoms with Crippen LogP contribution in [0.15, 0.2) is 85.6 Å². The Morgan fingerprint density at radius 1 is 0.654 bits per heavy atom. The molecule has 8 unspecified atom stereocenters. The molecule has 0 bridgehead atoms. The van der Waals surface area contributed by atoms with Gasteiger partial charge in [-0.2, -0.15) is 0 Å². The van der Waals surface area contributed by atoms with Crippen molar-refractivity contribution in [1.82, 2.24) is 56.7 Å². The summed E-state index contributed by atoms with van der Waals surface area (Å²) in [5.74, 6) is -4.26. The molecule has 1 aliphatic heterocycles. The maximum Gasteiger partial charge on any atom is 0.246 e. The van der Waals surface area contributed by atoms with E-state index >= 15 is 0 Å². The van der Waals surface area contributed by atoms with Gasteiger partial charge in [-0.3, -0.25) is 38.4 Å². The summed E-state index contributed by atoms with van der Waals surface area (Å²) in [7, 11) is 0. The van der Waals surface area contributed by atoms with Gasteiger partial charge in [-0.25, -0.2) is 9.97 Å². The summed E-state index contributed by atoms with van der Waals surface area (Å²) in [6.45, 7) is 7.81. The van der Waals surface area contributed by atoms with E-state index in [1.807, 2.05) is 64.1 Å². The molecule has 8 atom stereocenters. The number of aliphatic hydroxyl groups is 1. The summed E-state index contributed by atoms with van der Waals surface area (Å²) in [5.41, 5.74) is 7.82. The lowest BCUT2D eigenvalue weighted by Crippen LogP contribution is -2.60. The van der Waals surface area contributed by atoms with Crippen LogP contribution in [0.2, 0.25) is 0 Å². The van der Waals surface area contributed by atoms with Crippen molar-refractivity contribution < 1.29 is 43.5 Å². The largest absolute Gasteiger partial charge is 0.390 e. The van der Waals surface area contributed by atoms with Gasteiger partial charge in [0.25, 0.3) is 0 Å². The fraction of sp³-hybridized carbons (Fsp3) is 0.544. The Balaban J connectivity index is 1.19. The number of primary amides is 1. The number of nitrogens with one attached hydrogen (secondary N) is 8. The predicted octanol–water partition coefficient (Wildman–Crippen LogP) is 2.60. The first-order valence-electron chi connectivity index (χ1n) is 27.5. The van der Waals surface area contributed by atoms with Crippen LogP contribution in [0.4, 0.5) is 0 Å². The van der Waals surface area contributed by atoms with Gasteiger partial charge >= 0.3 is 0 Å². The molecule has 21 heteroatoms. The molecule has 0 spiro atoms. The molecule has 2 fully saturated rings. The molecular formula is C57H80N12O9. The minimum Gasteiger partial charge on any atom is -0.390 e. The normalized spacial score (nSPS) is 17.4. The lowest BCUT2D eigenvalue weighted by atomic mass is 9.83. The van der Waals surface area contributed by atoms with Gasteiger partial charge < -0.3 is 57.6 Å². The number of carbonyl (C=O) groups excluding carboxylic acids is 8. The number of aromatic amines is 2. The van der Waals surface area contributed by atoms with Crippen molar-refractivity contribution in [3.05, 3.63) is 108 Å². The van der Waals surface area contributed by atoms with Gasteiger partial charge in [-0.1, -0.05) is 120 Å². The molecule has 0 radical (unpaired) electrons. The van der Waals surface area contributed by atoms with Crippen LogP contribution < -0.4 is 37.6 Å². The van der Waals surface area contributed by atoms with E-state index in [4.69, 9.17) is 5.73 Å². The van der Waals surface area contributed by atoms with Crippen molar-refractivity contribution in [2.24, 2.45) is 23.5 Å². The highest BCUT2D eigenvalue weighted by Crippen LogP contribution is 2.29. The van der Waals surface area contributed by atoms with E-state index in [1.165, 1.54) is 17.4 Å². The zero-order chi connectivity index (χ0) is 56.1. The average molecular weight is 1080 g/mol. The van der Waals surface area contributed by atoms with E-state index in [0.717, 1.165) is 37.7 Å². The minimum atomic E-state index is -1.43. The topological polar surface area (TPSA) is 316 Å². The van der Waals surface area contributed by atoms with Crippen LogP contribution in [-0.2, 0) is 64.0 Å². The van der Waals surface area contributed by atoms with E-state index in [-0.39, 0.29) is 68.7 Å². The van der Waals surface area contributed by atoms with Crippen LogP contribution in [0.25, 0.3) is 0 Å². The molecule has 2 aromatic heterocycles. The SMILES string of the molecule is CC(C)CC(=O)NC(Cc1cnc[nH]1)C(=O)N1CCCC1C(=O)NC(Cc1ccccc1)C(=O)NC(Cc1ncc[nH]1)C(=O)NC(CC1CCCCC1)C(O)CC(=O)NC(CC(C)C)C(=O)NC(Cc1ccccc1)C(N)=O. The molecule has 3 heterocycles. The number of H-pyrrole nitrogens is 2. The first-order chi connectivity index (χ1) is 37.4. The second kappa shape index (κ2) is 29.9. The molecule has 78 heavy (non-hydrogen) atoms. The van der Waals surface area contributed by atoms with Crippen LogP contribution in [0, 0.1) is 17.8 Å². The Kier molecular flexibility index (Phi) is 22.9. The number of nitrogens with zero attached hydrogens (tertiary/aromatic N) is 3. The Labute approximate surface area is 456 Å². The van der Waals surface area contributed by atoms with Gasteiger partial charge in [-0.15, -0.1) is 0 Å². The van der Waals surface area contributed by atoms with Crippen molar-refractivity contribution in [2.45, 2.75) is 172 Å². The number of aromatic nitrogens is 4. The number of amides is 8. The summed E-state index contributed by atoms with van der Waals surface area (Å²) in [6, 6.07) is 10.5. The standard InChI is InChI=1S/C57H80N12O9/c1-35(2)25-43(53(74)66-42(52(58)73)28-38-17-10-6-11-18-38)63-51(72)32-48(70)41(27-37-15-8-5-9-16-37)65-55(76)45(31-49-60-22-23-61-49)67-54(75)44(29-39-19-12-7-13-20-39)68-56(77)47-21-14-24-69(47)57(78)46(30-40-33-59-34-62-40)64-50(71)26-36(3)4/h6-7,10-13,17-20,22-23,33-37,41-48,70H,5,8-9,14-16,21,24-32H2,1-4H3,(H2,58,73)(H,59,62)(H,60,61)(H,63,72)(H,64,71)(H,65,76)(H,66,74)(H,67,75)(H,68,77). The Bertz CT molecular complexity index is 2560. The number of hydrogen-bond donors (Lipinski definition) is 10. The smallest absolute Gasteiger partial charge is 0.246 e. The third kappa shape index (κ3) is 18.9. The number of rotatable bonds is 29. The zero-order valence-corrected chi connectivity index (χ0v) is 45.4. The summed E-state index contributed by atoms with van der Waals surface area (Å²) in [4.78, 5) is 127. The monoisotopic (exact) mass is 1080 g/mol. The van der Waals surface area contributed by atoms with E-state index in [1.54, 1.807) is 36.7 Å². The lowest BCUT2D eigenvalue weighted by Gasteiger charge is -2.32. The van der Waals surface area contributed by atoms with E-state index in [9.17, 15) is 43.5 Å². The van der Waals surface area contributed by atoms with Gasteiger partial charge in [0, 0.05) is 62.9 Å². The summed E-state index contributed by atoms with van der Waals surface area (Å²) in [6.07, 6.45) is 10.6. The molecule has 6 rings (SSSR count). The van der Waals surface area contributed by atoms with Crippen molar-refractivity contribution in [3.63, 3.8) is 0 Å². The summed E-state index contributed by atoms with van der Waals surface area (Å²) in [5, 5.41) is 29.0. The molecule has 8 amide bonds. The molecule has 1 aliphatic carbocycles. The quantitative estimate of drug-likeness (QED) is 0.0377. The molecule has 1 saturated heterocycles. The molecule has 2 aromatic carbocycles. The molecule has 4 aromatic rings. The number of nitrogens with two attached hydrogens (primary N) is 1. The predicted molar refractivity (Wildman–Crippen MR) is 291 cm³/mol. The van der Waals surface area contributed by atoms with Crippen molar-refractivity contribution in [2.75, 3.05) is 6.54 Å². The van der Waals surface area contributed by atoms with Crippen molar-refractivity contribution in [1.29, 1.82) is 0 Å². The molecule has 1 saturated carbocycles. The van der Waals surface area contributed by atoms with Gasteiger partial charge in [0.15, 0.2) is 0 Å². The highest BCUT2D eigenvalue weighted by Gasteiger charge is 2.40. The summed E-state index contributed by atoms with van der Waals surface area (Å²) < 4.78 is 0. The third-order valence-corrected chi connectivity index (χ3v) is 14.3. The van der Waals surface area contributed by atoms with Crippen LogP contribution in [0.1, 0.15) is 121 Å². The molecule has 21 nitrogen and oxygen atoms in total. The maximum absolute atomic E-state index is 14.7. The van der Waals surface area contributed by atoms with Gasteiger partial charge in [0.2, 0.25) is 47.3 Å². The second-order valence-corrected chi connectivity index (χ2v) is 21.8. The molecule has 422 valence electrons. The van der Waals surface area contributed by atoms with Crippen molar-refractivity contribution >= 4 is 47.3 Å². The van der Waals surface area contributed by atoms with Crippen LogP contribution in [0.3, 0.4) is 0 Å². The third-order valence-electron chi connectivity index (χ3n) is 14.3.